The Morgan fingerprint density at radius 1 is 1.35 bits per heavy atom. The van der Waals surface area contributed by atoms with Crippen molar-refractivity contribution < 1.29 is 9.84 Å². The molecule has 3 heterocycles. The van der Waals surface area contributed by atoms with Gasteiger partial charge in [-0.05, 0) is 43.5 Å². The van der Waals surface area contributed by atoms with Crippen LogP contribution in [0.4, 0.5) is 5.82 Å². The smallest absolute Gasteiger partial charge is 0.293 e. The third-order valence-electron chi connectivity index (χ3n) is 5.32. The molecule has 2 fully saturated rings. The number of ether oxygens (including phenoxy) is 1. The summed E-state index contributed by atoms with van der Waals surface area (Å²) in [6.45, 7) is 3.14. The third kappa shape index (κ3) is 3.20. The van der Waals surface area contributed by atoms with Gasteiger partial charge in [-0.25, -0.2) is 4.98 Å². The van der Waals surface area contributed by atoms with Crippen LogP contribution in [0.3, 0.4) is 0 Å². The minimum Gasteiger partial charge on any atom is -0.507 e. The van der Waals surface area contributed by atoms with Gasteiger partial charge in [0.25, 0.3) is 5.56 Å². The van der Waals surface area contributed by atoms with E-state index in [2.05, 4.69) is 10.3 Å². The second kappa shape index (κ2) is 7.09. The van der Waals surface area contributed by atoms with Gasteiger partial charge in [0, 0.05) is 36.9 Å². The molecule has 4 rings (SSSR count). The zero-order valence-electron chi connectivity index (χ0n) is 14.6. The average molecular weight is 356 g/mol. The molecule has 1 aromatic carbocycles. The van der Waals surface area contributed by atoms with E-state index >= 15 is 0 Å². The monoisotopic (exact) mass is 356 g/mol. The van der Waals surface area contributed by atoms with Gasteiger partial charge in [0.2, 0.25) is 0 Å². The molecule has 0 bridgehead atoms. The number of hydrogen-bond donors (Lipinski definition) is 3. The van der Waals surface area contributed by atoms with E-state index in [4.69, 9.17) is 10.5 Å². The van der Waals surface area contributed by atoms with Crippen LogP contribution in [-0.4, -0.2) is 41.0 Å². The van der Waals surface area contributed by atoms with Gasteiger partial charge in [0.15, 0.2) is 5.82 Å². The lowest BCUT2D eigenvalue weighted by molar-refractivity contribution is 0.194. The molecule has 0 saturated carbocycles. The number of anilines is 1. The molecule has 7 heteroatoms. The van der Waals surface area contributed by atoms with Crippen molar-refractivity contribution in [2.45, 2.75) is 31.2 Å². The number of rotatable bonds is 3. The van der Waals surface area contributed by atoms with E-state index in [0.717, 1.165) is 44.5 Å². The second-order valence-electron chi connectivity index (χ2n) is 7.06. The van der Waals surface area contributed by atoms with E-state index in [-0.39, 0.29) is 23.2 Å². The number of nitrogens with one attached hydrogen (secondary N) is 1. The quantitative estimate of drug-likeness (QED) is 0.772. The molecule has 2 aliphatic heterocycles. The Morgan fingerprint density at radius 2 is 2.23 bits per heavy atom. The number of phenolic OH excluding ortho intramolecular Hbond substituents is 1. The highest BCUT2D eigenvalue weighted by atomic mass is 16.5. The van der Waals surface area contributed by atoms with Crippen LogP contribution >= 0.6 is 0 Å². The molecule has 138 valence electrons. The summed E-state index contributed by atoms with van der Waals surface area (Å²) in [7, 11) is 0. The van der Waals surface area contributed by atoms with Gasteiger partial charge in [0.05, 0.1) is 12.3 Å². The summed E-state index contributed by atoms with van der Waals surface area (Å²) < 4.78 is 7.13. The normalized spacial score (nSPS) is 23.2. The summed E-state index contributed by atoms with van der Waals surface area (Å²) in [5.74, 6) is 0.411. The van der Waals surface area contributed by atoms with E-state index in [1.807, 2.05) is 12.1 Å². The van der Waals surface area contributed by atoms with Gasteiger partial charge < -0.3 is 25.5 Å². The molecule has 2 saturated heterocycles. The molecular formula is C19H24N4O3. The zero-order chi connectivity index (χ0) is 18.1. The molecule has 2 aliphatic rings. The predicted molar refractivity (Wildman–Crippen MR) is 99.3 cm³/mol. The number of aromatic hydroxyl groups is 1. The maximum Gasteiger partial charge on any atom is 0.293 e. The minimum atomic E-state index is -0.276. The van der Waals surface area contributed by atoms with E-state index in [9.17, 15) is 9.90 Å². The molecule has 0 aliphatic carbocycles. The molecule has 7 nitrogen and oxygen atoms in total. The number of hydrogen-bond acceptors (Lipinski definition) is 6. The molecule has 26 heavy (non-hydrogen) atoms. The van der Waals surface area contributed by atoms with Crippen LogP contribution in [-0.2, 0) is 4.74 Å². The van der Waals surface area contributed by atoms with Crippen LogP contribution in [0.25, 0.3) is 11.3 Å². The largest absolute Gasteiger partial charge is 0.507 e. The van der Waals surface area contributed by atoms with Crippen LogP contribution in [0.1, 0.15) is 36.8 Å². The second-order valence-corrected chi connectivity index (χ2v) is 7.06. The molecular weight excluding hydrogens is 332 g/mol. The van der Waals surface area contributed by atoms with Gasteiger partial charge in [-0.2, -0.15) is 0 Å². The first-order valence-electron chi connectivity index (χ1n) is 9.14. The Morgan fingerprint density at radius 3 is 2.96 bits per heavy atom. The fraction of sp³-hybridized carbons (Fsp3) is 0.474. The lowest BCUT2D eigenvalue weighted by atomic mass is 9.95. The van der Waals surface area contributed by atoms with E-state index in [1.165, 1.54) is 0 Å². The van der Waals surface area contributed by atoms with Gasteiger partial charge in [0.1, 0.15) is 5.75 Å². The van der Waals surface area contributed by atoms with Crippen LogP contribution < -0.4 is 16.6 Å². The van der Waals surface area contributed by atoms with Crippen LogP contribution in [0.2, 0.25) is 0 Å². The first-order chi connectivity index (χ1) is 12.6. The highest BCUT2D eigenvalue weighted by Crippen LogP contribution is 2.34. The molecule has 0 spiro atoms. The molecule has 0 amide bonds. The topological polar surface area (TPSA) is 102 Å². The lowest BCUT2D eigenvalue weighted by Crippen LogP contribution is -2.37. The van der Waals surface area contributed by atoms with Crippen molar-refractivity contribution in [2.24, 2.45) is 0 Å². The average Bonchev–Trinajstić information content (AvgIpc) is 3.20. The first-order valence-corrected chi connectivity index (χ1v) is 9.14. The van der Waals surface area contributed by atoms with Crippen LogP contribution in [0.5, 0.6) is 5.75 Å². The molecule has 4 N–H and O–H groups in total. The van der Waals surface area contributed by atoms with Gasteiger partial charge >= 0.3 is 0 Å². The van der Waals surface area contributed by atoms with Gasteiger partial charge in [-0.15, -0.1) is 0 Å². The molecule has 0 radical (unpaired) electrons. The summed E-state index contributed by atoms with van der Waals surface area (Å²) in [5.41, 5.74) is 7.85. The maximum absolute atomic E-state index is 12.5. The predicted octanol–water partition coefficient (Wildman–Crippen LogP) is 1.63. The van der Waals surface area contributed by atoms with Crippen LogP contribution in [0, 0.1) is 0 Å². The SMILES string of the molecule is Nc1nc(-c2cc(C3CCOC3)ccc2O)cn(C2CCCNC2)c1=O. The van der Waals surface area contributed by atoms with Crippen molar-refractivity contribution in [3.05, 3.63) is 40.3 Å². The number of phenols is 1. The number of aromatic nitrogens is 2. The van der Waals surface area contributed by atoms with Crippen molar-refractivity contribution in [2.75, 3.05) is 32.0 Å². The fourth-order valence-electron chi connectivity index (χ4n) is 3.81. The summed E-state index contributed by atoms with van der Waals surface area (Å²) in [6, 6.07) is 5.58. The van der Waals surface area contributed by atoms with Crippen molar-refractivity contribution >= 4 is 5.82 Å². The Kier molecular flexibility index (Phi) is 4.65. The molecule has 2 unspecified atom stereocenters. The number of nitrogens with two attached hydrogens (primary N) is 1. The Labute approximate surface area is 151 Å². The molecule has 2 aromatic rings. The summed E-state index contributed by atoms with van der Waals surface area (Å²) in [6.07, 6.45) is 4.62. The fourth-order valence-corrected chi connectivity index (χ4v) is 3.81. The number of benzene rings is 1. The molecule has 2 atom stereocenters. The van der Waals surface area contributed by atoms with Crippen molar-refractivity contribution in [3.8, 4) is 17.0 Å². The standard InChI is InChI=1S/C19H24N4O3/c20-18-19(25)23(14-2-1-6-21-9-14)10-16(22-18)15-8-12(3-4-17(15)24)13-5-7-26-11-13/h3-4,8,10,13-14,21,24H,1-2,5-7,9,11H2,(H2,20,22). The summed E-state index contributed by atoms with van der Waals surface area (Å²) in [5, 5.41) is 13.7. The third-order valence-corrected chi connectivity index (χ3v) is 5.32. The van der Waals surface area contributed by atoms with Crippen LogP contribution in [0.15, 0.2) is 29.2 Å². The zero-order valence-corrected chi connectivity index (χ0v) is 14.6. The van der Waals surface area contributed by atoms with Gasteiger partial charge in [-0.1, -0.05) is 6.07 Å². The Hall–Kier alpha value is -2.38. The van der Waals surface area contributed by atoms with Gasteiger partial charge in [-0.3, -0.25) is 4.79 Å². The number of nitrogen functional groups attached to an aromatic ring is 1. The van der Waals surface area contributed by atoms with E-state index in [0.29, 0.717) is 23.8 Å². The summed E-state index contributed by atoms with van der Waals surface area (Å²) >= 11 is 0. The summed E-state index contributed by atoms with van der Waals surface area (Å²) in [4.78, 5) is 16.7. The van der Waals surface area contributed by atoms with E-state index < -0.39 is 0 Å². The highest BCUT2D eigenvalue weighted by Gasteiger charge is 2.22. The Balaban J connectivity index is 1.76. The Bertz CT molecular complexity index is 852. The molecule has 1 aromatic heterocycles. The lowest BCUT2D eigenvalue weighted by Gasteiger charge is -2.25. The van der Waals surface area contributed by atoms with Crippen molar-refractivity contribution in [1.82, 2.24) is 14.9 Å². The number of nitrogens with zero attached hydrogens (tertiary/aromatic N) is 2. The minimum absolute atomic E-state index is 0.0397. The number of piperidine rings is 1. The highest BCUT2D eigenvalue weighted by molar-refractivity contribution is 5.68. The van der Waals surface area contributed by atoms with E-state index in [1.54, 1.807) is 16.8 Å². The maximum atomic E-state index is 12.5. The van der Waals surface area contributed by atoms with Crippen molar-refractivity contribution in [1.29, 1.82) is 0 Å². The first kappa shape index (κ1) is 17.1. The van der Waals surface area contributed by atoms with Crippen molar-refractivity contribution in [3.63, 3.8) is 0 Å².